The fourth-order valence-electron chi connectivity index (χ4n) is 4.64. The number of aromatic nitrogens is 3. The Morgan fingerprint density at radius 1 is 1.03 bits per heavy atom. The normalized spacial score (nSPS) is 15.5. The van der Waals surface area contributed by atoms with E-state index in [1.807, 2.05) is 18.2 Å². The molecule has 1 aliphatic rings. The summed E-state index contributed by atoms with van der Waals surface area (Å²) < 4.78 is 2.39. The fraction of sp³-hybridized carbons (Fsp3) is 0.375. The van der Waals surface area contributed by atoms with Gasteiger partial charge in [-0.2, -0.15) is 0 Å². The van der Waals surface area contributed by atoms with E-state index < -0.39 is 0 Å². The zero-order valence-electron chi connectivity index (χ0n) is 16.6. The fourth-order valence-corrected chi connectivity index (χ4v) is 4.85. The number of aromatic amines is 1. The molecule has 0 spiro atoms. The van der Waals surface area contributed by atoms with Crippen LogP contribution in [0.1, 0.15) is 32.1 Å². The van der Waals surface area contributed by atoms with Crippen molar-refractivity contribution in [1.82, 2.24) is 19.9 Å². The maximum atomic E-state index is 6.32. The van der Waals surface area contributed by atoms with E-state index >= 15 is 0 Å². The summed E-state index contributed by atoms with van der Waals surface area (Å²) in [7, 11) is 0. The van der Waals surface area contributed by atoms with Crippen LogP contribution in [0.5, 0.6) is 0 Å². The van der Waals surface area contributed by atoms with E-state index in [1.54, 1.807) is 0 Å². The Morgan fingerprint density at radius 3 is 2.76 bits per heavy atom. The lowest BCUT2D eigenvalue weighted by Crippen LogP contribution is -2.27. The number of piperidine rings is 1. The number of para-hydroxylation sites is 1. The molecule has 0 atom stereocenters. The lowest BCUT2D eigenvalue weighted by Gasteiger charge is -2.22. The van der Waals surface area contributed by atoms with E-state index in [0.717, 1.165) is 34.9 Å². The van der Waals surface area contributed by atoms with E-state index in [9.17, 15) is 0 Å². The molecule has 4 nitrogen and oxygen atoms in total. The molecule has 3 heterocycles. The topological polar surface area (TPSA) is 45.6 Å². The van der Waals surface area contributed by atoms with E-state index in [-0.39, 0.29) is 0 Å². The summed E-state index contributed by atoms with van der Waals surface area (Å²) in [6, 6.07) is 14.5. The number of rotatable bonds is 6. The monoisotopic (exact) mass is 406 g/mol. The van der Waals surface area contributed by atoms with Crippen LogP contribution in [0.15, 0.2) is 48.7 Å². The molecule has 0 unspecified atom stereocenters. The van der Waals surface area contributed by atoms with E-state index in [1.165, 1.54) is 56.1 Å². The number of nitrogens with zero attached hydrogens (tertiary/aromatic N) is 2. The van der Waals surface area contributed by atoms with Gasteiger partial charge in [0.2, 0.25) is 0 Å². The van der Waals surface area contributed by atoms with Gasteiger partial charge in [-0.05, 0) is 62.5 Å². The van der Waals surface area contributed by atoms with Crippen LogP contribution in [0.3, 0.4) is 0 Å². The number of aryl methyl sites for hydroxylation is 1. The molecule has 5 heteroatoms. The van der Waals surface area contributed by atoms with Gasteiger partial charge in [-0.1, -0.05) is 42.6 Å². The average Bonchev–Trinajstić information content (AvgIpc) is 3.37. The first kappa shape index (κ1) is 18.7. The van der Waals surface area contributed by atoms with Gasteiger partial charge in [0, 0.05) is 29.2 Å². The van der Waals surface area contributed by atoms with Crippen LogP contribution in [0, 0.1) is 5.92 Å². The first-order valence-electron chi connectivity index (χ1n) is 10.7. The molecule has 0 aliphatic carbocycles. The van der Waals surface area contributed by atoms with Gasteiger partial charge in [-0.3, -0.25) is 0 Å². The number of H-pyrrole nitrogens is 1. The van der Waals surface area contributed by atoms with Gasteiger partial charge in [0.1, 0.15) is 11.3 Å². The number of imidazole rings is 1. The van der Waals surface area contributed by atoms with E-state index in [0.29, 0.717) is 5.02 Å². The summed E-state index contributed by atoms with van der Waals surface area (Å²) in [6.45, 7) is 3.47. The third-order valence-electron chi connectivity index (χ3n) is 6.25. The Hall–Kier alpha value is -2.30. The summed E-state index contributed by atoms with van der Waals surface area (Å²) in [6.07, 6.45) is 8.82. The molecule has 29 heavy (non-hydrogen) atoms. The molecule has 2 aromatic carbocycles. The molecular weight excluding hydrogens is 380 g/mol. The molecule has 1 fully saturated rings. The van der Waals surface area contributed by atoms with Crippen molar-refractivity contribution in [3.63, 3.8) is 0 Å². The minimum absolute atomic E-state index is 0.684. The quantitative estimate of drug-likeness (QED) is 0.385. The van der Waals surface area contributed by atoms with Gasteiger partial charge in [0.25, 0.3) is 0 Å². The van der Waals surface area contributed by atoms with Crippen LogP contribution in [0.2, 0.25) is 5.02 Å². The van der Waals surface area contributed by atoms with Gasteiger partial charge in [0.15, 0.2) is 0 Å². The number of unbranched alkanes of at least 4 members (excludes halogenated alkanes) is 1. The van der Waals surface area contributed by atoms with Gasteiger partial charge in [0.05, 0.1) is 10.5 Å². The van der Waals surface area contributed by atoms with Crippen LogP contribution in [-0.2, 0) is 6.54 Å². The molecule has 1 aliphatic heterocycles. The average molecular weight is 407 g/mol. The summed E-state index contributed by atoms with van der Waals surface area (Å²) >= 11 is 6.32. The Morgan fingerprint density at radius 2 is 1.90 bits per heavy atom. The third-order valence-corrected chi connectivity index (χ3v) is 6.56. The first-order chi connectivity index (χ1) is 14.3. The predicted octanol–water partition coefficient (Wildman–Crippen LogP) is 6.01. The van der Waals surface area contributed by atoms with Crippen molar-refractivity contribution in [3.05, 3.63) is 53.7 Å². The van der Waals surface area contributed by atoms with E-state index in [4.69, 9.17) is 16.6 Å². The van der Waals surface area contributed by atoms with Crippen molar-refractivity contribution in [2.45, 2.75) is 38.6 Å². The molecule has 2 N–H and O–H groups in total. The van der Waals surface area contributed by atoms with Gasteiger partial charge < -0.3 is 14.9 Å². The SMILES string of the molecule is Clc1cccc2[nH]c(-c3cccc4c3ccn4CCCCC3CCNCC3)nc12. The second-order valence-electron chi connectivity index (χ2n) is 8.16. The second-order valence-corrected chi connectivity index (χ2v) is 8.57. The Balaban J connectivity index is 1.34. The van der Waals surface area contributed by atoms with Crippen LogP contribution < -0.4 is 5.32 Å². The van der Waals surface area contributed by atoms with Crippen molar-refractivity contribution >= 4 is 33.5 Å². The summed E-state index contributed by atoms with van der Waals surface area (Å²) in [5.74, 6) is 1.80. The maximum Gasteiger partial charge on any atom is 0.139 e. The first-order valence-corrected chi connectivity index (χ1v) is 11.1. The number of hydrogen-bond donors (Lipinski definition) is 2. The minimum Gasteiger partial charge on any atom is -0.347 e. The second kappa shape index (κ2) is 8.21. The van der Waals surface area contributed by atoms with Crippen molar-refractivity contribution in [2.24, 2.45) is 5.92 Å². The minimum atomic E-state index is 0.684. The summed E-state index contributed by atoms with van der Waals surface area (Å²) in [5, 5.41) is 5.38. The van der Waals surface area contributed by atoms with Crippen LogP contribution in [-0.4, -0.2) is 27.6 Å². The summed E-state index contributed by atoms with van der Waals surface area (Å²) in [5.41, 5.74) is 4.21. The van der Waals surface area contributed by atoms with Crippen LogP contribution >= 0.6 is 11.6 Å². The number of fused-ring (bicyclic) bond motifs is 2. The third kappa shape index (κ3) is 3.79. The molecule has 2 aromatic heterocycles. The molecular formula is C24H27ClN4. The molecule has 0 bridgehead atoms. The van der Waals surface area contributed by atoms with E-state index in [2.05, 4.69) is 45.3 Å². The van der Waals surface area contributed by atoms with Gasteiger partial charge in [-0.15, -0.1) is 0 Å². The standard InChI is InChI=1S/C24H27ClN4/c25-20-7-4-8-21-23(20)28-24(27-21)19-6-3-9-22-18(19)12-16-29(22)15-2-1-5-17-10-13-26-14-11-17/h3-4,6-9,12,16-17,26H,1-2,5,10-11,13-15H2,(H,27,28). The van der Waals surface area contributed by atoms with Crippen molar-refractivity contribution in [3.8, 4) is 11.4 Å². The zero-order valence-corrected chi connectivity index (χ0v) is 17.4. The highest BCUT2D eigenvalue weighted by Crippen LogP contribution is 2.31. The predicted molar refractivity (Wildman–Crippen MR) is 121 cm³/mol. The molecule has 150 valence electrons. The van der Waals surface area contributed by atoms with Gasteiger partial charge in [-0.25, -0.2) is 4.98 Å². The van der Waals surface area contributed by atoms with Crippen molar-refractivity contribution in [2.75, 3.05) is 13.1 Å². The smallest absolute Gasteiger partial charge is 0.139 e. The maximum absolute atomic E-state index is 6.32. The Kier molecular flexibility index (Phi) is 5.30. The number of hydrogen-bond acceptors (Lipinski definition) is 2. The molecule has 4 aromatic rings. The largest absolute Gasteiger partial charge is 0.347 e. The van der Waals surface area contributed by atoms with Crippen molar-refractivity contribution < 1.29 is 0 Å². The highest BCUT2D eigenvalue weighted by molar-refractivity contribution is 6.35. The highest BCUT2D eigenvalue weighted by atomic mass is 35.5. The summed E-state index contributed by atoms with van der Waals surface area (Å²) in [4.78, 5) is 8.20. The molecule has 0 amide bonds. The highest BCUT2D eigenvalue weighted by Gasteiger charge is 2.14. The number of halogens is 1. The lowest BCUT2D eigenvalue weighted by molar-refractivity contribution is 0.341. The zero-order chi connectivity index (χ0) is 19.6. The number of benzene rings is 2. The lowest BCUT2D eigenvalue weighted by atomic mass is 9.92. The molecule has 0 radical (unpaired) electrons. The van der Waals surface area contributed by atoms with Crippen LogP contribution in [0.4, 0.5) is 0 Å². The Labute approximate surface area is 176 Å². The number of nitrogens with one attached hydrogen (secondary N) is 2. The molecule has 0 saturated carbocycles. The van der Waals surface area contributed by atoms with Gasteiger partial charge >= 0.3 is 0 Å². The molecule has 1 saturated heterocycles. The van der Waals surface area contributed by atoms with Crippen molar-refractivity contribution in [1.29, 1.82) is 0 Å². The van der Waals surface area contributed by atoms with Crippen LogP contribution in [0.25, 0.3) is 33.3 Å². The molecule has 5 rings (SSSR count). The Bertz CT molecular complexity index is 1120.